The lowest BCUT2D eigenvalue weighted by Gasteiger charge is -2.26. The number of anilines is 1. The van der Waals surface area contributed by atoms with Gasteiger partial charge in [-0.3, -0.25) is 10.1 Å². The highest BCUT2D eigenvalue weighted by Crippen LogP contribution is 2.32. The van der Waals surface area contributed by atoms with Crippen molar-refractivity contribution in [3.8, 4) is 29.1 Å². The van der Waals surface area contributed by atoms with E-state index in [1.54, 1.807) is 18.2 Å². The maximum Gasteiger partial charge on any atom is 0.268 e. The molecule has 10 heteroatoms. The van der Waals surface area contributed by atoms with Gasteiger partial charge in [0.1, 0.15) is 29.9 Å². The molecule has 0 bridgehead atoms. The van der Waals surface area contributed by atoms with Gasteiger partial charge in [0, 0.05) is 0 Å². The average molecular weight is 479 g/mol. The highest BCUT2D eigenvalue weighted by molar-refractivity contribution is 7.15. The zero-order valence-corrected chi connectivity index (χ0v) is 19.4. The predicted octanol–water partition coefficient (Wildman–Crippen LogP) is 3.87. The molecule has 1 aromatic heterocycles. The van der Waals surface area contributed by atoms with Crippen LogP contribution in [0.15, 0.2) is 48.0 Å². The first-order chi connectivity index (χ1) is 16.6. The third kappa shape index (κ3) is 5.44. The number of aromatic nitrogens is 2. The Morgan fingerprint density at radius 2 is 2.09 bits per heavy atom. The van der Waals surface area contributed by atoms with E-state index in [-0.39, 0.29) is 18.3 Å². The van der Waals surface area contributed by atoms with Gasteiger partial charge in [0.25, 0.3) is 5.91 Å². The minimum atomic E-state index is -0.560. The number of amides is 1. The summed E-state index contributed by atoms with van der Waals surface area (Å²) in [5, 5.41) is 21.1. The van der Waals surface area contributed by atoms with E-state index in [1.165, 1.54) is 24.5 Å². The number of nitriles is 1. The number of rotatable bonds is 8. The number of methoxy groups -OCH3 is 1. The van der Waals surface area contributed by atoms with Crippen molar-refractivity contribution in [1.82, 2.24) is 10.2 Å². The minimum absolute atomic E-state index is 0.0737. The Balaban J connectivity index is 1.42. The van der Waals surface area contributed by atoms with Crippen LogP contribution in [0, 0.1) is 11.3 Å². The van der Waals surface area contributed by atoms with Gasteiger partial charge in [-0.2, -0.15) is 5.26 Å². The number of ether oxygens (including phenoxy) is 4. The molecule has 4 rings (SSSR count). The lowest BCUT2D eigenvalue weighted by atomic mass is 10.1. The summed E-state index contributed by atoms with van der Waals surface area (Å²) in [4.78, 5) is 12.5. The molecule has 9 nitrogen and oxygen atoms in total. The van der Waals surface area contributed by atoms with Gasteiger partial charge < -0.3 is 18.9 Å². The molecule has 1 aliphatic heterocycles. The molecule has 2 heterocycles. The van der Waals surface area contributed by atoms with Gasteiger partial charge in [-0.25, -0.2) is 0 Å². The highest BCUT2D eigenvalue weighted by atomic mass is 32.1. The maximum absolute atomic E-state index is 12.5. The summed E-state index contributed by atoms with van der Waals surface area (Å²) in [6.45, 7) is 2.57. The van der Waals surface area contributed by atoms with Crippen molar-refractivity contribution < 1.29 is 23.7 Å². The first-order valence-corrected chi connectivity index (χ1v) is 11.4. The van der Waals surface area contributed by atoms with Crippen LogP contribution in [0.1, 0.15) is 17.5 Å². The largest absolute Gasteiger partial charge is 0.493 e. The number of hydrogen-bond donors (Lipinski definition) is 1. The predicted molar refractivity (Wildman–Crippen MR) is 126 cm³/mol. The molecule has 0 spiro atoms. The zero-order valence-electron chi connectivity index (χ0n) is 18.6. The van der Waals surface area contributed by atoms with Crippen LogP contribution in [0.4, 0.5) is 5.13 Å². The van der Waals surface area contributed by atoms with E-state index in [9.17, 15) is 10.1 Å². The molecular weight excluding hydrogens is 456 g/mol. The second-order valence-electron chi connectivity index (χ2n) is 7.20. The van der Waals surface area contributed by atoms with E-state index in [1.807, 2.05) is 37.3 Å². The van der Waals surface area contributed by atoms with Gasteiger partial charge >= 0.3 is 0 Å². The monoisotopic (exact) mass is 478 g/mol. The number of benzene rings is 2. The molecule has 1 unspecified atom stereocenters. The fourth-order valence-corrected chi connectivity index (χ4v) is 3.82. The van der Waals surface area contributed by atoms with Gasteiger partial charge in [0.15, 0.2) is 29.1 Å². The third-order valence-corrected chi connectivity index (χ3v) is 5.83. The maximum atomic E-state index is 12.5. The van der Waals surface area contributed by atoms with Gasteiger partial charge in [0.05, 0.1) is 7.11 Å². The van der Waals surface area contributed by atoms with Crippen molar-refractivity contribution in [2.75, 3.05) is 25.6 Å². The number of para-hydroxylation sites is 2. The van der Waals surface area contributed by atoms with Crippen LogP contribution in [-0.4, -0.2) is 42.5 Å². The molecule has 34 heavy (non-hydrogen) atoms. The Hall–Kier alpha value is -4.10. The summed E-state index contributed by atoms with van der Waals surface area (Å²) in [5.41, 5.74) is 0.531. The number of nitrogens with zero attached hydrogens (tertiary/aromatic N) is 3. The molecule has 0 saturated carbocycles. The van der Waals surface area contributed by atoms with Crippen LogP contribution in [0.3, 0.4) is 0 Å². The zero-order chi connectivity index (χ0) is 23.9. The Labute approximate surface area is 200 Å². The molecular formula is C24H22N4O5S. The second-order valence-corrected chi connectivity index (χ2v) is 8.26. The Kier molecular flexibility index (Phi) is 7.25. The molecule has 3 aromatic rings. The molecule has 1 amide bonds. The normalized spacial score (nSPS) is 14.7. The van der Waals surface area contributed by atoms with E-state index >= 15 is 0 Å². The molecule has 1 atom stereocenters. The molecule has 174 valence electrons. The smallest absolute Gasteiger partial charge is 0.268 e. The molecule has 0 saturated heterocycles. The third-order valence-electron chi connectivity index (χ3n) is 4.85. The van der Waals surface area contributed by atoms with Gasteiger partial charge in [-0.15, -0.1) is 10.2 Å². The van der Waals surface area contributed by atoms with Crippen LogP contribution >= 0.6 is 11.3 Å². The lowest BCUT2D eigenvalue weighted by Crippen LogP contribution is -2.34. The van der Waals surface area contributed by atoms with Crippen molar-refractivity contribution in [1.29, 1.82) is 5.26 Å². The van der Waals surface area contributed by atoms with Crippen LogP contribution in [0.2, 0.25) is 0 Å². The van der Waals surface area contributed by atoms with Crippen LogP contribution in [0.5, 0.6) is 23.0 Å². The van der Waals surface area contributed by atoms with Gasteiger partial charge in [-0.1, -0.05) is 36.5 Å². The average Bonchev–Trinajstić information content (AvgIpc) is 3.33. The van der Waals surface area contributed by atoms with Crippen molar-refractivity contribution >= 4 is 28.5 Å². The van der Waals surface area contributed by atoms with Gasteiger partial charge in [0.2, 0.25) is 5.13 Å². The summed E-state index contributed by atoms with van der Waals surface area (Å²) < 4.78 is 23.0. The van der Waals surface area contributed by atoms with Crippen molar-refractivity contribution in [3.63, 3.8) is 0 Å². The van der Waals surface area contributed by atoms with Crippen molar-refractivity contribution in [3.05, 3.63) is 58.6 Å². The topological polar surface area (TPSA) is 116 Å². The summed E-state index contributed by atoms with van der Waals surface area (Å²) in [6, 6.07) is 14.5. The number of carbonyl (C=O) groups is 1. The van der Waals surface area contributed by atoms with E-state index < -0.39 is 5.91 Å². The van der Waals surface area contributed by atoms with Crippen LogP contribution in [-0.2, 0) is 11.2 Å². The summed E-state index contributed by atoms with van der Waals surface area (Å²) in [5.74, 6) is 1.79. The van der Waals surface area contributed by atoms with E-state index in [0.717, 1.165) is 11.4 Å². The van der Waals surface area contributed by atoms with E-state index in [0.29, 0.717) is 40.3 Å². The summed E-state index contributed by atoms with van der Waals surface area (Å²) >= 11 is 1.27. The Bertz CT molecular complexity index is 1250. The molecule has 2 aromatic carbocycles. The number of hydrogen-bond acceptors (Lipinski definition) is 9. The molecule has 1 aliphatic rings. The van der Waals surface area contributed by atoms with Crippen LogP contribution in [0.25, 0.3) is 6.08 Å². The number of carbonyl (C=O) groups excluding carboxylic acids is 1. The quantitative estimate of drug-likeness (QED) is 0.383. The molecule has 1 N–H and O–H groups in total. The number of fused-ring (bicyclic) bond motifs is 1. The van der Waals surface area contributed by atoms with E-state index in [2.05, 4.69) is 15.5 Å². The molecule has 0 fully saturated rings. The van der Waals surface area contributed by atoms with Crippen LogP contribution < -0.4 is 24.3 Å². The second kappa shape index (κ2) is 10.7. The molecule has 0 radical (unpaired) electrons. The summed E-state index contributed by atoms with van der Waals surface area (Å²) in [7, 11) is 1.52. The SMILES string of the molecule is CCc1nnc(NC(=O)/C(C#N)=C\c2ccc(OCC3COc4ccccc4O3)c(OC)c2)s1. The van der Waals surface area contributed by atoms with Crippen molar-refractivity contribution in [2.24, 2.45) is 0 Å². The van der Waals surface area contributed by atoms with Crippen molar-refractivity contribution in [2.45, 2.75) is 19.4 Å². The standard InChI is InChI=1S/C24H22N4O5S/c1-3-22-27-28-24(34-22)26-23(29)16(12-25)10-15-8-9-19(21(11-15)30-2)32-14-17-13-31-18-6-4-5-7-20(18)33-17/h4-11,17H,3,13-14H2,1-2H3,(H,26,28,29)/b16-10-. The number of nitrogens with one attached hydrogen (secondary N) is 1. The Morgan fingerprint density at radius 1 is 1.26 bits per heavy atom. The first kappa shape index (κ1) is 23.1. The van der Waals surface area contributed by atoms with Gasteiger partial charge in [-0.05, 0) is 42.3 Å². The highest BCUT2D eigenvalue weighted by Gasteiger charge is 2.22. The fourth-order valence-electron chi connectivity index (χ4n) is 3.15. The summed E-state index contributed by atoms with van der Waals surface area (Å²) in [6.07, 6.45) is 1.91. The first-order valence-electron chi connectivity index (χ1n) is 10.5. The minimum Gasteiger partial charge on any atom is -0.493 e. The Morgan fingerprint density at radius 3 is 2.82 bits per heavy atom. The number of aryl methyl sites for hydroxylation is 1. The molecule has 0 aliphatic carbocycles. The van der Waals surface area contributed by atoms with E-state index in [4.69, 9.17) is 18.9 Å². The fraction of sp³-hybridized carbons (Fsp3) is 0.250. The lowest BCUT2D eigenvalue weighted by molar-refractivity contribution is -0.112.